The first kappa shape index (κ1) is 14.8. The molecule has 6 nitrogen and oxygen atoms in total. The maximum Gasteiger partial charge on any atom is 0.496 e. The largest absolute Gasteiger partial charge is 0.496 e. The molecule has 0 saturated carbocycles. The van der Waals surface area contributed by atoms with E-state index in [9.17, 15) is 4.79 Å². The third-order valence-corrected chi connectivity index (χ3v) is 3.88. The molecule has 0 bridgehead atoms. The zero-order chi connectivity index (χ0) is 15.1. The molecular formula is C13H19BN2O4. The van der Waals surface area contributed by atoms with Gasteiger partial charge in [0, 0.05) is 11.7 Å². The van der Waals surface area contributed by atoms with Crippen molar-refractivity contribution in [3.8, 4) is 0 Å². The number of nitrogens with one attached hydrogen (secondary N) is 1. The number of rotatable bonds is 2. The van der Waals surface area contributed by atoms with Gasteiger partial charge in [0.25, 0.3) is 0 Å². The summed E-state index contributed by atoms with van der Waals surface area (Å²) in [6, 6.07) is 1.69. The zero-order valence-electron chi connectivity index (χ0n) is 12.4. The molecule has 1 aliphatic heterocycles. The lowest BCUT2D eigenvalue weighted by Gasteiger charge is -2.32. The molecule has 1 saturated heterocycles. The summed E-state index contributed by atoms with van der Waals surface area (Å²) < 4.78 is 11.8. The molecule has 108 valence electrons. The van der Waals surface area contributed by atoms with Crippen molar-refractivity contribution < 1.29 is 19.2 Å². The third kappa shape index (κ3) is 2.64. The summed E-state index contributed by atoms with van der Waals surface area (Å²) >= 11 is 0. The minimum absolute atomic E-state index is 0.435. The van der Waals surface area contributed by atoms with Gasteiger partial charge in [-0.05, 0) is 40.7 Å². The van der Waals surface area contributed by atoms with Gasteiger partial charge in [-0.3, -0.25) is 10.3 Å². The first-order chi connectivity index (χ1) is 9.12. The van der Waals surface area contributed by atoms with E-state index in [4.69, 9.17) is 14.4 Å². The number of hydrogen-bond donors (Lipinski definition) is 2. The quantitative estimate of drug-likeness (QED) is 0.806. The van der Waals surface area contributed by atoms with Crippen LogP contribution in [0.1, 0.15) is 33.4 Å². The Morgan fingerprint density at radius 3 is 2.35 bits per heavy atom. The van der Waals surface area contributed by atoms with Crippen LogP contribution in [0.4, 0.5) is 10.5 Å². The van der Waals surface area contributed by atoms with Crippen molar-refractivity contribution in [1.29, 1.82) is 0 Å². The van der Waals surface area contributed by atoms with Gasteiger partial charge in [0.05, 0.1) is 22.6 Å². The van der Waals surface area contributed by atoms with Crippen LogP contribution < -0.4 is 10.8 Å². The lowest BCUT2D eigenvalue weighted by molar-refractivity contribution is 0.00578. The van der Waals surface area contributed by atoms with Crippen LogP contribution in [0.15, 0.2) is 12.3 Å². The van der Waals surface area contributed by atoms with Crippen molar-refractivity contribution in [1.82, 2.24) is 4.98 Å². The summed E-state index contributed by atoms with van der Waals surface area (Å²) in [5.74, 6) is 0. The van der Waals surface area contributed by atoms with Gasteiger partial charge in [0.1, 0.15) is 0 Å². The maximum absolute atomic E-state index is 10.8. The van der Waals surface area contributed by atoms with E-state index in [1.54, 1.807) is 19.2 Å². The monoisotopic (exact) mass is 278 g/mol. The number of hydrogen-bond acceptors (Lipinski definition) is 4. The van der Waals surface area contributed by atoms with Gasteiger partial charge >= 0.3 is 13.2 Å². The van der Waals surface area contributed by atoms with E-state index in [0.29, 0.717) is 16.8 Å². The van der Waals surface area contributed by atoms with Gasteiger partial charge in [-0.15, -0.1) is 0 Å². The summed E-state index contributed by atoms with van der Waals surface area (Å²) in [6.07, 6.45) is 0.519. The van der Waals surface area contributed by atoms with Crippen LogP contribution in [0.25, 0.3) is 0 Å². The average molecular weight is 278 g/mol. The van der Waals surface area contributed by atoms with Gasteiger partial charge in [0.2, 0.25) is 0 Å². The fourth-order valence-electron chi connectivity index (χ4n) is 1.90. The first-order valence-corrected chi connectivity index (χ1v) is 6.44. The summed E-state index contributed by atoms with van der Waals surface area (Å²) in [5.41, 5.74) is 0.849. The molecular weight excluding hydrogens is 259 g/mol. The topological polar surface area (TPSA) is 80.7 Å². The smallest absolute Gasteiger partial charge is 0.465 e. The van der Waals surface area contributed by atoms with Gasteiger partial charge in [-0.25, -0.2) is 4.79 Å². The van der Waals surface area contributed by atoms with Crippen LogP contribution in [0.5, 0.6) is 0 Å². The SMILES string of the molecule is Cc1ncc(B2OC(C)(C)C(C)(C)O2)cc1NC(=O)O. The molecule has 0 aliphatic carbocycles. The highest BCUT2D eigenvalue weighted by Gasteiger charge is 2.51. The van der Waals surface area contributed by atoms with Gasteiger partial charge in [-0.1, -0.05) is 0 Å². The molecule has 1 aromatic rings. The molecule has 0 radical (unpaired) electrons. The number of amides is 1. The van der Waals surface area contributed by atoms with Gasteiger partial charge in [0.15, 0.2) is 0 Å². The summed E-state index contributed by atoms with van der Waals surface area (Å²) in [6.45, 7) is 9.59. The normalized spacial score (nSPS) is 19.9. The Morgan fingerprint density at radius 1 is 1.30 bits per heavy atom. The minimum Gasteiger partial charge on any atom is -0.465 e. The van der Waals surface area contributed by atoms with Crippen molar-refractivity contribution in [3.63, 3.8) is 0 Å². The molecule has 0 aromatic carbocycles. The van der Waals surface area contributed by atoms with Crippen LogP contribution >= 0.6 is 0 Å². The number of pyridine rings is 1. The van der Waals surface area contributed by atoms with E-state index >= 15 is 0 Å². The number of carbonyl (C=O) groups is 1. The lowest BCUT2D eigenvalue weighted by Crippen LogP contribution is -2.41. The average Bonchev–Trinajstić information content (AvgIpc) is 2.50. The number of aromatic nitrogens is 1. The molecule has 1 fully saturated rings. The molecule has 1 aliphatic rings. The summed E-state index contributed by atoms with van der Waals surface area (Å²) in [7, 11) is -0.553. The van der Waals surface area contributed by atoms with E-state index < -0.39 is 24.4 Å². The number of carboxylic acid groups (broad SMARTS) is 1. The lowest BCUT2D eigenvalue weighted by atomic mass is 9.80. The van der Waals surface area contributed by atoms with Gasteiger partial charge in [-0.2, -0.15) is 0 Å². The van der Waals surface area contributed by atoms with E-state index in [-0.39, 0.29) is 0 Å². The standard InChI is InChI=1S/C13H19BN2O4/c1-8-10(16-11(17)18)6-9(7-15-8)14-19-12(2,3)13(4,5)20-14/h6-7,16H,1-5H3,(H,17,18). The van der Waals surface area contributed by atoms with Crippen molar-refractivity contribution in [2.24, 2.45) is 0 Å². The third-order valence-electron chi connectivity index (χ3n) is 3.88. The second-order valence-corrected chi connectivity index (χ2v) is 5.92. The van der Waals surface area contributed by atoms with E-state index in [2.05, 4.69) is 10.3 Å². The summed E-state index contributed by atoms with van der Waals surface area (Å²) in [4.78, 5) is 14.9. The second-order valence-electron chi connectivity index (χ2n) is 5.92. The van der Waals surface area contributed by atoms with Crippen molar-refractivity contribution in [2.45, 2.75) is 45.8 Å². The molecule has 0 unspecified atom stereocenters. The molecule has 0 spiro atoms. The first-order valence-electron chi connectivity index (χ1n) is 6.44. The molecule has 2 rings (SSSR count). The zero-order valence-corrected chi connectivity index (χ0v) is 12.4. The van der Waals surface area contributed by atoms with Crippen LogP contribution in [0.2, 0.25) is 0 Å². The van der Waals surface area contributed by atoms with Crippen LogP contribution in [0, 0.1) is 6.92 Å². The molecule has 20 heavy (non-hydrogen) atoms. The van der Waals surface area contributed by atoms with Crippen LogP contribution in [-0.4, -0.2) is 34.5 Å². The Bertz CT molecular complexity index is 529. The Hall–Kier alpha value is -1.60. The van der Waals surface area contributed by atoms with Gasteiger partial charge < -0.3 is 14.4 Å². The molecule has 7 heteroatoms. The fraction of sp³-hybridized carbons (Fsp3) is 0.538. The Balaban J connectivity index is 2.29. The fourth-order valence-corrected chi connectivity index (χ4v) is 1.90. The predicted octanol–water partition coefficient (Wildman–Crippen LogP) is 1.78. The molecule has 0 atom stereocenters. The maximum atomic E-state index is 10.8. The van der Waals surface area contributed by atoms with Crippen LogP contribution in [0.3, 0.4) is 0 Å². The predicted molar refractivity (Wildman–Crippen MR) is 76.3 cm³/mol. The van der Waals surface area contributed by atoms with E-state index in [1.165, 1.54) is 0 Å². The molecule has 2 N–H and O–H groups in total. The number of nitrogens with zero attached hydrogens (tertiary/aromatic N) is 1. The highest BCUT2D eigenvalue weighted by molar-refractivity contribution is 6.62. The molecule has 1 aromatic heterocycles. The van der Waals surface area contributed by atoms with E-state index in [0.717, 1.165) is 0 Å². The second kappa shape index (κ2) is 4.75. The highest BCUT2D eigenvalue weighted by atomic mass is 16.7. The Morgan fingerprint density at radius 2 is 1.85 bits per heavy atom. The number of aryl methyl sites for hydroxylation is 1. The number of anilines is 1. The summed E-state index contributed by atoms with van der Waals surface area (Å²) in [5, 5.41) is 11.1. The molecule has 1 amide bonds. The minimum atomic E-state index is -1.12. The van der Waals surface area contributed by atoms with E-state index in [1.807, 2.05) is 27.7 Å². The van der Waals surface area contributed by atoms with Crippen molar-refractivity contribution >= 4 is 24.4 Å². The molecule has 2 heterocycles. The van der Waals surface area contributed by atoms with Crippen molar-refractivity contribution in [3.05, 3.63) is 18.0 Å². The Kier molecular flexibility index (Phi) is 3.52. The van der Waals surface area contributed by atoms with Crippen LogP contribution in [-0.2, 0) is 9.31 Å². The Labute approximate surface area is 118 Å². The highest BCUT2D eigenvalue weighted by Crippen LogP contribution is 2.36. The van der Waals surface area contributed by atoms with Crippen molar-refractivity contribution in [2.75, 3.05) is 5.32 Å².